The Morgan fingerprint density at radius 2 is 1.94 bits per heavy atom. The van der Waals surface area contributed by atoms with Gasteiger partial charge in [0.15, 0.2) is 0 Å². The van der Waals surface area contributed by atoms with Gasteiger partial charge in [-0.05, 0) is 74.9 Å². The van der Waals surface area contributed by atoms with Crippen molar-refractivity contribution in [3.05, 3.63) is 46.2 Å². The maximum atomic E-state index is 12.1. The average molecular weight is 513 g/mol. The number of hydrogen-bond acceptors (Lipinski definition) is 5. The fourth-order valence-electron chi connectivity index (χ4n) is 4.57. The molecule has 11 heteroatoms. The molecular formula is C24H31F3N4O3S. The van der Waals surface area contributed by atoms with E-state index in [-0.39, 0.29) is 6.03 Å². The topological polar surface area (TPSA) is 84.9 Å². The van der Waals surface area contributed by atoms with E-state index in [9.17, 15) is 18.0 Å². The number of carbonyl (C=O) groups excluding carboxylic acids is 1. The van der Waals surface area contributed by atoms with Crippen LogP contribution in [-0.2, 0) is 11.3 Å². The highest BCUT2D eigenvalue weighted by molar-refractivity contribution is 7.09. The minimum atomic E-state index is -5.08. The summed E-state index contributed by atoms with van der Waals surface area (Å²) >= 11 is 1.65. The summed E-state index contributed by atoms with van der Waals surface area (Å²) in [6, 6.07) is 11.5. The van der Waals surface area contributed by atoms with Crippen molar-refractivity contribution in [3.8, 4) is 0 Å². The Kier molecular flexibility index (Phi) is 9.01. The molecule has 2 aliphatic heterocycles. The number of carboxylic acid groups (broad SMARTS) is 1. The third-order valence-corrected chi connectivity index (χ3v) is 7.15. The maximum Gasteiger partial charge on any atom is 0.490 e. The number of alkyl halides is 3. The summed E-state index contributed by atoms with van der Waals surface area (Å²) in [5.74, 6) is -2.76. The van der Waals surface area contributed by atoms with Gasteiger partial charge in [-0.15, -0.1) is 11.3 Å². The van der Waals surface area contributed by atoms with E-state index in [0.717, 1.165) is 29.7 Å². The van der Waals surface area contributed by atoms with Gasteiger partial charge in [-0.2, -0.15) is 13.2 Å². The first kappa shape index (κ1) is 26.8. The van der Waals surface area contributed by atoms with E-state index in [1.54, 1.807) is 11.3 Å². The molecule has 1 aromatic heterocycles. The highest BCUT2D eigenvalue weighted by Gasteiger charge is 2.38. The van der Waals surface area contributed by atoms with Crippen molar-refractivity contribution < 1.29 is 27.9 Å². The zero-order valence-corrected chi connectivity index (χ0v) is 20.6. The summed E-state index contributed by atoms with van der Waals surface area (Å²) in [6.07, 6.45) is -1.16. The van der Waals surface area contributed by atoms with Gasteiger partial charge < -0.3 is 20.6 Å². The molecule has 35 heavy (non-hydrogen) atoms. The third kappa shape index (κ3) is 7.60. The first-order valence-corrected chi connectivity index (χ1v) is 12.4. The molecule has 2 unspecified atom stereocenters. The number of rotatable bonds is 5. The molecule has 0 bridgehead atoms. The molecule has 192 valence electrons. The lowest BCUT2D eigenvalue weighted by Crippen LogP contribution is -2.39. The molecule has 3 heterocycles. The Morgan fingerprint density at radius 3 is 2.51 bits per heavy atom. The summed E-state index contributed by atoms with van der Waals surface area (Å²) in [5.41, 5.74) is 3.35. The minimum absolute atomic E-state index is 0.162. The molecule has 2 amide bonds. The molecule has 4 rings (SSSR count). The molecule has 2 aromatic rings. The molecule has 2 atom stereocenters. The normalized spacial score (nSPS) is 20.3. The minimum Gasteiger partial charge on any atom is -0.475 e. The number of carbonyl (C=O) groups is 2. The number of hydrogen-bond donors (Lipinski definition) is 3. The molecule has 0 saturated carbocycles. The maximum absolute atomic E-state index is 12.1. The number of aliphatic carboxylic acids is 1. The number of urea groups is 1. The Bertz CT molecular complexity index is 1000. The van der Waals surface area contributed by atoms with Crippen LogP contribution < -0.4 is 15.5 Å². The van der Waals surface area contributed by atoms with E-state index in [1.807, 2.05) is 23.6 Å². The predicted molar refractivity (Wildman–Crippen MR) is 131 cm³/mol. The number of anilines is 2. The number of thiophene rings is 1. The Morgan fingerprint density at radius 1 is 1.20 bits per heavy atom. The van der Waals surface area contributed by atoms with Gasteiger partial charge in [0, 0.05) is 41.4 Å². The fourth-order valence-corrected chi connectivity index (χ4v) is 5.22. The molecule has 0 aliphatic carbocycles. The third-order valence-electron chi connectivity index (χ3n) is 6.28. The largest absolute Gasteiger partial charge is 0.490 e. The zero-order valence-electron chi connectivity index (χ0n) is 19.8. The molecule has 2 saturated heterocycles. The number of halogens is 3. The SMILES string of the molecule is Cc1cc(NC(=O)NCc2cccs2)ccc1N1CCC(N2CCCC2C)C1.O=C(O)C(F)(F)F. The lowest BCUT2D eigenvalue weighted by atomic mass is 10.1. The number of carboxylic acids is 1. The van der Waals surface area contributed by atoms with Crippen LogP contribution in [0.2, 0.25) is 0 Å². The van der Waals surface area contributed by atoms with Crippen LogP contribution in [0.3, 0.4) is 0 Å². The number of aryl methyl sites for hydroxylation is 1. The number of likely N-dealkylation sites (tertiary alicyclic amines) is 1. The van der Waals surface area contributed by atoms with Crippen molar-refractivity contribution in [3.63, 3.8) is 0 Å². The first-order chi connectivity index (χ1) is 16.5. The van der Waals surface area contributed by atoms with Crippen molar-refractivity contribution in [1.29, 1.82) is 0 Å². The molecule has 2 aliphatic rings. The molecule has 0 radical (unpaired) electrons. The molecule has 1 aromatic carbocycles. The molecule has 2 fully saturated rings. The average Bonchev–Trinajstić information content (AvgIpc) is 3.54. The van der Waals surface area contributed by atoms with Gasteiger partial charge in [-0.3, -0.25) is 4.90 Å². The highest BCUT2D eigenvalue weighted by Crippen LogP contribution is 2.31. The predicted octanol–water partition coefficient (Wildman–Crippen LogP) is 5.07. The van der Waals surface area contributed by atoms with Crippen LogP contribution in [0.5, 0.6) is 0 Å². The molecular weight excluding hydrogens is 481 g/mol. The number of amides is 2. The van der Waals surface area contributed by atoms with Crippen LogP contribution in [0.1, 0.15) is 36.6 Å². The van der Waals surface area contributed by atoms with Crippen LogP contribution in [0.4, 0.5) is 29.3 Å². The van der Waals surface area contributed by atoms with E-state index in [1.165, 1.54) is 37.1 Å². The van der Waals surface area contributed by atoms with Crippen LogP contribution in [0, 0.1) is 6.92 Å². The Labute approximate surface area is 206 Å². The lowest BCUT2D eigenvalue weighted by molar-refractivity contribution is -0.192. The number of benzene rings is 1. The van der Waals surface area contributed by atoms with Crippen LogP contribution in [-0.4, -0.2) is 59.9 Å². The second kappa shape index (κ2) is 11.8. The zero-order chi connectivity index (χ0) is 25.6. The number of nitrogens with one attached hydrogen (secondary N) is 2. The van der Waals surface area contributed by atoms with Crippen LogP contribution in [0.15, 0.2) is 35.7 Å². The van der Waals surface area contributed by atoms with Crippen LogP contribution >= 0.6 is 11.3 Å². The van der Waals surface area contributed by atoms with Gasteiger partial charge in [-0.1, -0.05) is 6.07 Å². The second-order valence-corrected chi connectivity index (χ2v) is 9.84. The summed E-state index contributed by atoms with van der Waals surface area (Å²) in [4.78, 5) is 27.4. The number of nitrogens with zero attached hydrogens (tertiary/aromatic N) is 2. The van der Waals surface area contributed by atoms with E-state index in [4.69, 9.17) is 9.90 Å². The second-order valence-electron chi connectivity index (χ2n) is 8.81. The van der Waals surface area contributed by atoms with Gasteiger partial charge >= 0.3 is 18.2 Å². The summed E-state index contributed by atoms with van der Waals surface area (Å²) < 4.78 is 31.7. The van der Waals surface area contributed by atoms with Crippen molar-refractivity contribution in [2.45, 2.75) is 57.9 Å². The van der Waals surface area contributed by atoms with E-state index >= 15 is 0 Å². The van der Waals surface area contributed by atoms with E-state index in [2.05, 4.69) is 46.4 Å². The van der Waals surface area contributed by atoms with Gasteiger partial charge in [0.1, 0.15) is 0 Å². The molecule has 3 N–H and O–H groups in total. The van der Waals surface area contributed by atoms with Crippen molar-refractivity contribution in [1.82, 2.24) is 10.2 Å². The van der Waals surface area contributed by atoms with E-state index < -0.39 is 12.1 Å². The Balaban J connectivity index is 0.000000429. The van der Waals surface area contributed by atoms with Gasteiger partial charge in [-0.25, -0.2) is 9.59 Å². The van der Waals surface area contributed by atoms with Gasteiger partial charge in [0.2, 0.25) is 0 Å². The van der Waals surface area contributed by atoms with Gasteiger partial charge in [0.05, 0.1) is 6.54 Å². The van der Waals surface area contributed by atoms with Crippen molar-refractivity contribution in [2.24, 2.45) is 0 Å². The molecule has 7 nitrogen and oxygen atoms in total. The summed E-state index contributed by atoms with van der Waals surface area (Å²) in [6.45, 7) is 8.54. The van der Waals surface area contributed by atoms with Gasteiger partial charge in [0.25, 0.3) is 0 Å². The summed E-state index contributed by atoms with van der Waals surface area (Å²) in [7, 11) is 0. The standard InChI is InChI=1S/C22H30N4OS.C2HF3O2/c1-16-13-18(24-22(27)23-14-20-6-4-12-28-20)7-8-21(16)25-11-9-19(15-25)26-10-3-5-17(26)2;3-2(4,5)1(6)7/h4,6-8,12-13,17,19H,3,5,9-11,14-15H2,1-2H3,(H2,23,24,27);(H,6,7). The quantitative estimate of drug-likeness (QED) is 0.521. The fraction of sp³-hybridized carbons (Fsp3) is 0.500. The Hall–Kier alpha value is -2.79. The molecule has 0 spiro atoms. The highest BCUT2D eigenvalue weighted by atomic mass is 32.1. The van der Waals surface area contributed by atoms with E-state index in [0.29, 0.717) is 12.6 Å². The van der Waals surface area contributed by atoms with Crippen LogP contribution in [0.25, 0.3) is 0 Å². The van der Waals surface area contributed by atoms with Crippen molar-refractivity contribution >= 4 is 34.7 Å². The lowest BCUT2D eigenvalue weighted by Gasteiger charge is -2.29. The van der Waals surface area contributed by atoms with Crippen molar-refractivity contribution in [2.75, 3.05) is 29.9 Å². The summed E-state index contributed by atoms with van der Waals surface area (Å²) in [5, 5.41) is 15.0. The first-order valence-electron chi connectivity index (χ1n) is 11.5. The monoisotopic (exact) mass is 512 g/mol. The smallest absolute Gasteiger partial charge is 0.475 e.